The van der Waals surface area contributed by atoms with E-state index in [4.69, 9.17) is 32.7 Å². The number of rotatable bonds is 8. The molecular weight excluding hydrogens is 483 g/mol. The lowest BCUT2D eigenvalue weighted by Crippen LogP contribution is -2.14. The number of nitro benzene ring substituents is 1. The zero-order valence-electron chi connectivity index (χ0n) is 17.4. The molecule has 9 nitrogen and oxygen atoms in total. The van der Waals surface area contributed by atoms with Crippen LogP contribution in [0, 0.1) is 10.1 Å². The van der Waals surface area contributed by atoms with Gasteiger partial charge in [0.2, 0.25) is 0 Å². The number of hydrogen-bond acceptors (Lipinski definition) is 6. The molecule has 0 atom stereocenters. The monoisotopic (exact) mass is 498 g/mol. The second-order valence-corrected chi connectivity index (χ2v) is 7.77. The number of benzene rings is 3. The summed E-state index contributed by atoms with van der Waals surface area (Å²) in [6.07, 6.45) is 1.59. The Balaban J connectivity index is 1.48. The van der Waals surface area contributed by atoms with Crippen LogP contribution in [-0.2, 0) is 6.73 Å². The number of aromatic nitrogens is 2. The molecule has 0 saturated heterocycles. The Morgan fingerprint density at radius 1 is 1.03 bits per heavy atom. The van der Waals surface area contributed by atoms with Crippen LogP contribution < -0.4 is 14.8 Å². The Labute approximate surface area is 203 Å². The van der Waals surface area contributed by atoms with E-state index >= 15 is 0 Å². The fourth-order valence-corrected chi connectivity index (χ4v) is 3.36. The molecule has 34 heavy (non-hydrogen) atoms. The molecule has 1 amide bonds. The van der Waals surface area contributed by atoms with Gasteiger partial charge in [-0.1, -0.05) is 41.4 Å². The van der Waals surface area contributed by atoms with Crippen molar-refractivity contribution < 1.29 is 19.2 Å². The maximum atomic E-state index is 12.7. The molecule has 0 aliphatic heterocycles. The van der Waals surface area contributed by atoms with Crippen molar-refractivity contribution in [3.63, 3.8) is 0 Å². The Hall–Kier alpha value is -4.08. The normalized spacial score (nSPS) is 10.5. The Bertz CT molecular complexity index is 1340. The molecular formula is C23H16Cl2N4O5. The summed E-state index contributed by atoms with van der Waals surface area (Å²) in [6, 6.07) is 19.1. The number of hydrogen-bond donors (Lipinski definition) is 1. The van der Waals surface area contributed by atoms with Gasteiger partial charge in [0.25, 0.3) is 11.6 Å². The Kier molecular flexibility index (Phi) is 6.95. The predicted molar refractivity (Wildman–Crippen MR) is 127 cm³/mol. The van der Waals surface area contributed by atoms with Crippen LogP contribution in [0.4, 0.5) is 11.4 Å². The number of carbonyl (C=O) groups excluding carboxylic acids is 1. The first-order valence-corrected chi connectivity index (χ1v) is 10.6. The van der Waals surface area contributed by atoms with Crippen LogP contribution in [0.15, 0.2) is 79.0 Å². The molecule has 0 aliphatic rings. The number of nitrogens with one attached hydrogen (secondary N) is 1. The molecule has 1 aromatic heterocycles. The minimum atomic E-state index is -0.596. The number of carbonyl (C=O) groups is 1. The SMILES string of the molecule is O=C(Nc1cc(Oc2ccc(Cl)cc2Cl)cc([N+](=O)[O-])c1)c1ccn(COc2ccccc2)n1. The van der Waals surface area contributed by atoms with Crippen LogP contribution in [-0.4, -0.2) is 20.6 Å². The number of halogens is 2. The standard InChI is InChI=1S/C23H16Cl2N4O5/c24-15-6-7-22(20(25)10-15)34-19-12-16(11-17(13-19)29(31)32)26-23(30)21-8-9-28(27-21)14-33-18-4-2-1-3-5-18/h1-13H,14H2,(H,26,30). The molecule has 1 heterocycles. The first-order valence-electron chi connectivity index (χ1n) is 9.82. The third-order valence-electron chi connectivity index (χ3n) is 4.46. The summed E-state index contributed by atoms with van der Waals surface area (Å²) in [6.45, 7) is 0.105. The lowest BCUT2D eigenvalue weighted by atomic mass is 10.2. The van der Waals surface area contributed by atoms with E-state index in [0.29, 0.717) is 10.8 Å². The summed E-state index contributed by atoms with van der Waals surface area (Å²) in [5, 5.41) is 18.8. The van der Waals surface area contributed by atoms with Gasteiger partial charge in [-0.2, -0.15) is 5.10 Å². The third kappa shape index (κ3) is 5.83. The maximum absolute atomic E-state index is 12.7. The summed E-state index contributed by atoms with van der Waals surface area (Å²) < 4.78 is 12.7. The molecule has 0 aliphatic carbocycles. The van der Waals surface area contributed by atoms with E-state index < -0.39 is 10.8 Å². The van der Waals surface area contributed by atoms with E-state index in [1.807, 2.05) is 18.2 Å². The second-order valence-electron chi connectivity index (χ2n) is 6.93. The molecule has 3 aromatic carbocycles. The Morgan fingerprint density at radius 3 is 2.56 bits per heavy atom. The van der Waals surface area contributed by atoms with Crippen molar-refractivity contribution in [2.45, 2.75) is 6.73 Å². The lowest BCUT2D eigenvalue weighted by molar-refractivity contribution is -0.384. The predicted octanol–water partition coefficient (Wildman–Crippen LogP) is 6.18. The van der Waals surface area contributed by atoms with Gasteiger partial charge in [-0.05, 0) is 36.4 Å². The minimum absolute atomic E-state index is 0.103. The molecule has 1 N–H and O–H groups in total. The third-order valence-corrected chi connectivity index (χ3v) is 4.99. The average molecular weight is 499 g/mol. The van der Waals surface area contributed by atoms with Crippen molar-refractivity contribution >= 4 is 40.5 Å². The summed E-state index contributed by atoms with van der Waals surface area (Å²) >= 11 is 12.0. The van der Waals surface area contributed by atoms with E-state index in [1.165, 1.54) is 41.1 Å². The molecule has 0 spiro atoms. The van der Waals surface area contributed by atoms with Crippen LogP contribution in [0.25, 0.3) is 0 Å². The zero-order chi connectivity index (χ0) is 24.1. The molecule has 0 saturated carbocycles. The number of amides is 1. The van der Waals surface area contributed by atoms with Gasteiger partial charge in [-0.15, -0.1) is 0 Å². The molecule has 0 radical (unpaired) electrons. The summed E-state index contributed by atoms with van der Waals surface area (Å²) in [7, 11) is 0. The average Bonchev–Trinajstić information content (AvgIpc) is 3.29. The van der Waals surface area contributed by atoms with Gasteiger partial charge in [0.05, 0.1) is 21.7 Å². The molecule has 4 rings (SSSR count). The van der Waals surface area contributed by atoms with Gasteiger partial charge < -0.3 is 14.8 Å². The first kappa shape index (κ1) is 23.1. The van der Waals surface area contributed by atoms with E-state index in [2.05, 4.69) is 10.4 Å². The van der Waals surface area contributed by atoms with Gasteiger partial charge in [0.15, 0.2) is 12.4 Å². The topological polar surface area (TPSA) is 109 Å². The quantitative estimate of drug-likeness (QED) is 0.229. The number of nitro groups is 1. The Morgan fingerprint density at radius 2 is 1.82 bits per heavy atom. The van der Waals surface area contributed by atoms with E-state index in [9.17, 15) is 14.9 Å². The highest BCUT2D eigenvalue weighted by Crippen LogP contribution is 2.34. The van der Waals surface area contributed by atoms with Crippen LogP contribution in [0.5, 0.6) is 17.2 Å². The van der Waals surface area contributed by atoms with Crippen LogP contribution in [0.1, 0.15) is 10.5 Å². The van der Waals surface area contributed by atoms with Crippen LogP contribution in [0.2, 0.25) is 10.0 Å². The molecule has 172 valence electrons. The van der Waals surface area contributed by atoms with Gasteiger partial charge in [-0.3, -0.25) is 14.9 Å². The van der Waals surface area contributed by atoms with Crippen molar-refractivity contribution in [2.24, 2.45) is 0 Å². The second kappa shape index (κ2) is 10.2. The fourth-order valence-electron chi connectivity index (χ4n) is 2.91. The summed E-state index contributed by atoms with van der Waals surface area (Å²) in [5.74, 6) is 0.458. The molecule has 0 bridgehead atoms. The zero-order valence-corrected chi connectivity index (χ0v) is 18.9. The highest BCUT2D eigenvalue weighted by Gasteiger charge is 2.16. The smallest absolute Gasteiger partial charge is 0.276 e. The number of para-hydroxylation sites is 1. The van der Waals surface area contributed by atoms with Crippen LogP contribution in [0.3, 0.4) is 0 Å². The van der Waals surface area contributed by atoms with Crippen molar-refractivity contribution in [1.29, 1.82) is 0 Å². The van der Waals surface area contributed by atoms with Gasteiger partial charge in [0.1, 0.15) is 17.2 Å². The van der Waals surface area contributed by atoms with Gasteiger partial charge >= 0.3 is 0 Å². The maximum Gasteiger partial charge on any atom is 0.276 e. The highest BCUT2D eigenvalue weighted by molar-refractivity contribution is 6.35. The molecule has 11 heteroatoms. The highest BCUT2D eigenvalue weighted by atomic mass is 35.5. The summed E-state index contributed by atoms with van der Waals surface area (Å²) in [5.41, 5.74) is -0.0274. The lowest BCUT2D eigenvalue weighted by Gasteiger charge is -2.10. The molecule has 4 aromatic rings. The van der Waals surface area contributed by atoms with Crippen molar-refractivity contribution in [1.82, 2.24) is 9.78 Å². The summed E-state index contributed by atoms with van der Waals surface area (Å²) in [4.78, 5) is 23.5. The fraction of sp³-hybridized carbons (Fsp3) is 0.0435. The van der Waals surface area contributed by atoms with E-state index in [0.717, 1.165) is 0 Å². The van der Waals surface area contributed by atoms with Crippen LogP contribution >= 0.6 is 23.2 Å². The van der Waals surface area contributed by atoms with Crippen molar-refractivity contribution in [3.8, 4) is 17.2 Å². The number of nitrogens with zero attached hydrogens (tertiary/aromatic N) is 3. The number of anilines is 1. The first-order chi connectivity index (χ1) is 16.4. The van der Waals surface area contributed by atoms with Gasteiger partial charge in [-0.25, -0.2) is 4.68 Å². The van der Waals surface area contributed by atoms with Crippen molar-refractivity contribution in [3.05, 3.63) is 105 Å². The number of non-ortho nitro benzene ring substituents is 1. The molecule has 0 unspecified atom stereocenters. The molecule has 0 fully saturated rings. The van der Waals surface area contributed by atoms with E-state index in [-0.39, 0.29) is 40.3 Å². The number of ether oxygens (including phenoxy) is 2. The minimum Gasteiger partial charge on any atom is -0.471 e. The van der Waals surface area contributed by atoms with Gasteiger partial charge in [0, 0.05) is 23.4 Å². The van der Waals surface area contributed by atoms with E-state index in [1.54, 1.807) is 24.4 Å². The largest absolute Gasteiger partial charge is 0.471 e. The van der Waals surface area contributed by atoms with Crippen molar-refractivity contribution in [2.75, 3.05) is 5.32 Å².